The van der Waals surface area contributed by atoms with Crippen LogP contribution in [0.1, 0.15) is 20.3 Å². The maximum absolute atomic E-state index is 13.5. The Hall–Kier alpha value is -2.86. The zero-order chi connectivity index (χ0) is 26.9. The van der Waals surface area contributed by atoms with E-state index in [2.05, 4.69) is 16.5 Å². The Labute approximate surface area is 220 Å². The number of ether oxygens (including phenoxy) is 1. The zero-order valence-electron chi connectivity index (χ0n) is 21.3. The van der Waals surface area contributed by atoms with Crippen molar-refractivity contribution in [1.82, 2.24) is 23.3 Å². The number of piperazine rings is 1. The number of fused-ring (bicyclic) bond motifs is 1. The van der Waals surface area contributed by atoms with Crippen molar-refractivity contribution in [2.45, 2.75) is 31.7 Å². The zero-order valence-corrected chi connectivity index (χ0v) is 22.9. The van der Waals surface area contributed by atoms with Gasteiger partial charge in [0.05, 0.1) is 27.7 Å². The first kappa shape index (κ1) is 27.2. The Morgan fingerprint density at radius 1 is 1.16 bits per heavy atom. The van der Waals surface area contributed by atoms with Gasteiger partial charge in [-0.15, -0.1) is 6.58 Å². The van der Waals surface area contributed by atoms with Gasteiger partial charge in [-0.25, -0.2) is 13.2 Å². The van der Waals surface area contributed by atoms with Crippen LogP contribution in [-0.2, 0) is 23.6 Å². The van der Waals surface area contributed by atoms with Crippen LogP contribution in [0.4, 0.5) is 0 Å². The standard InChI is InChI=1S/C25H32ClN5O5S/c1-5-10-29-12-14-30(15-13-29)37(34,35)17-8-9-19(36-7-3)18(16-17)21-20(26)23-22(27-21)24(32)28(4)25(33)31(23)11-6-2/h5,8-9,16,27H,1,6-7,10-15H2,2-4H3. The fourth-order valence-corrected chi connectivity index (χ4v) is 6.45. The third-order valence-electron chi connectivity index (χ3n) is 6.54. The summed E-state index contributed by atoms with van der Waals surface area (Å²) < 4.78 is 36.9. The maximum Gasteiger partial charge on any atom is 0.331 e. The first-order valence-electron chi connectivity index (χ1n) is 12.3. The lowest BCUT2D eigenvalue weighted by Crippen LogP contribution is -2.48. The van der Waals surface area contributed by atoms with Gasteiger partial charge in [0.25, 0.3) is 5.56 Å². The highest BCUT2D eigenvalue weighted by Gasteiger charge is 2.30. The molecule has 3 heterocycles. The minimum atomic E-state index is -3.80. The van der Waals surface area contributed by atoms with Gasteiger partial charge in [-0.1, -0.05) is 24.6 Å². The average molecular weight is 550 g/mol. The van der Waals surface area contributed by atoms with E-state index in [0.29, 0.717) is 74.8 Å². The molecule has 0 radical (unpaired) electrons. The van der Waals surface area contributed by atoms with Gasteiger partial charge in [0.2, 0.25) is 10.0 Å². The van der Waals surface area contributed by atoms with Gasteiger partial charge in [-0.05, 0) is 31.5 Å². The number of benzene rings is 1. The molecule has 3 aromatic rings. The number of rotatable bonds is 9. The normalized spacial score (nSPS) is 15.4. The monoisotopic (exact) mass is 549 g/mol. The molecule has 1 fully saturated rings. The van der Waals surface area contributed by atoms with Gasteiger partial charge in [-0.2, -0.15) is 4.31 Å². The predicted octanol–water partition coefficient (Wildman–Crippen LogP) is 2.65. The van der Waals surface area contributed by atoms with Crippen molar-refractivity contribution >= 4 is 32.7 Å². The van der Waals surface area contributed by atoms with Crippen LogP contribution in [0.2, 0.25) is 5.02 Å². The molecule has 1 N–H and O–H groups in total. The van der Waals surface area contributed by atoms with Crippen molar-refractivity contribution in [3.63, 3.8) is 0 Å². The largest absolute Gasteiger partial charge is 0.493 e. The van der Waals surface area contributed by atoms with E-state index in [-0.39, 0.29) is 15.4 Å². The molecule has 4 rings (SSSR count). The molecule has 2 aromatic heterocycles. The lowest BCUT2D eigenvalue weighted by Gasteiger charge is -2.33. The number of aromatic nitrogens is 3. The molecule has 0 atom stereocenters. The summed E-state index contributed by atoms with van der Waals surface area (Å²) in [4.78, 5) is 31.1. The van der Waals surface area contributed by atoms with Crippen molar-refractivity contribution in [2.24, 2.45) is 7.05 Å². The van der Waals surface area contributed by atoms with Crippen LogP contribution in [0.15, 0.2) is 45.3 Å². The third kappa shape index (κ3) is 4.88. The smallest absolute Gasteiger partial charge is 0.331 e. The summed E-state index contributed by atoms with van der Waals surface area (Å²) in [5.41, 5.74) is 0.196. The number of H-pyrrole nitrogens is 1. The summed E-state index contributed by atoms with van der Waals surface area (Å²) in [6, 6.07) is 4.63. The van der Waals surface area contributed by atoms with Crippen LogP contribution in [-0.4, -0.2) is 71.1 Å². The van der Waals surface area contributed by atoms with Crippen molar-refractivity contribution in [1.29, 1.82) is 0 Å². The Balaban J connectivity index is 1.86. The molecular formula is C25H32ClN5O5S. The topological polar surface area (TPSA) is 110 Å². The van der Waals surface area contributed by atoms with Crippen LogP contribution in [0.5, 0.6) is 5.75 Å². The van der Waals surface area contributed by atoms with Crippen molar-refractivity contribution in [2.75, 3.05) is 39.3 Å². The Bertz CT molecular complexity index is 1550. The van der Waals surface area contributed by atoms with Gasteiger partial charge in [0.1, 0.15) is 11.3 Å². The quantitative estimate of drug-likeness (QED) is 0.411. The molecule has 200 valence electrons. The lowest BCUT2D eigenvalue weighted by atomic mass is 10.1. The molecule has 10 nitrogen and oxygen atoms in total. The molecule has 0 unspecified atom stereocenters. The second kappa shape index (κ2) is 10.9. The molecule has 1 saturated heterocycles. The molecule has 0 saturated carbocycles. The highest BCUT2D eigenvalue weighted by Crippen LogP contribution is 2.39. The van der Waals surface area contributed by atoms with E-state index in [1.807, 2.05) is 13.8 Å². The van der Waals surface area contributed by atoms with E-state index in [4.69, 9.17) is 16.3 Å². The van der Waals surface area contributed by atoms with Crippen molar-refractivity contribution in [3.05, 3.63) is 56.7 Å². The van der Waals surface area contributed by atoms with Crippen LogP contribution in [0, 0.1) is 0 Å². The summed E-state index contributed by atoms with van der Waals surface area (Å²) in [7, 11) is -2.38. The summed E-state index contributed by atoms with van der Waals surface area (Å²) >= 11 is 6.79. The fourth-order valence-electron chi connectivity index (χ4n) is 4.65. The Morgan fingerprint density at radius 2 is 1.86 bits per heavy atom. The number of nitrogens with one attached hydrogen (secondary N) is 1. The Kier molecular flexibility index (Phi) is 7.98. The predicted molar refractivity (Wildman–Crippen MR) is 145 cm³/mol. The molecule has 0 amide bonds. The number of nitrogens with zero attached hydrogens (tertiary/aromatic N) is 4. The summed E-state index contributed by atoms with van der Waals surface area (Å²) in [5.74, 6) is 0.409. The molecule has 12 heteroatoms. The maximum atomic E-state index is 13.5. The minimum Gasteiger partial charge on any atom is -0.493 e. The van der Waals surface area contributed by atoms with E-state index in [9.17, 15) is 18.0 Å². The van der Waals surface area contributed by atoms with E-state index in [0.717, 1.165) is 4.57 Å². The van der Waals surface area contributed by atoms with Gasteiger partial charge < -0.3 is 9.72 Å². The molecule has 0 aliphatic carbocycles. The number of aromatic amines is 1. The van der Waals surface area contributed by atoms with Crippen molar-refractivity contribution < 1.29 is 13.2 Å². The summed E-state index contributed by atoms with van der Waals surface area (Å²) in [6.07, 6.45) is 2.46. The highest BCUT2D eigenvalue weighted by atomic mass is 35.5. The summed E-state index contributed by atoms with van der Waals surface area (Å²) in [5, 5.41) is 0.159. The number of hydrogen-bond acceptors (Lipinski definition) is 6. The number of halogens is 1. The first-order valence-corrected chi connectivity index (χ1v) is 14.1. The van der Waals surface area contributed by atoms with Crippen LogP contribution < -0.4 is 16.0 Å². The molecule has 1 aromatic carbocycles. The second-order valence-electron chi connectivity index (χ2n) is 8.92. The van der Waals surface area contributed by atoms with Crippen LogP contribution in [0.25, 0.3) is 22.3 Å². The lowest BCUT2D eigenvalue weighted by molar-refractivity contribution is 0.204. The van der Waals surface area contributed by atoms with Gasteiger partial charge in [-0.3, -0.25) is 18.8 Å². The molecule has 1 aliphatic rings. The van der Waals surface area contributed by atoms with E-state index in [1.54, 1.807) is 12.1 Å². The van der Waals surface area contributed by atoms with E-state index < -0.39 is 21.3 Å². The molecule has 1 aliphatic heterocycles. The molecule has 0 bridgehead atoms. The number of aryl methyl sites for hydroxylation is 1. The minimum absolute atomic E-state index is 0.0942. The fraction of sp³-hybridized carbons (Fsp3) is 0.440. The van der Waals surface area contributed by atoms with Crippen LogP contribution in [0.3, 0.4) is 0 Å². The first-order chi connectivity index (χ1) is 17.6. The van der Waals surface area contributed by atoms with E-state index in [1.165, 1.54) is 28.1 Å². The summed E-state index contributed by atoms with van der Waals surface area (Å²) in [6.45, 7) is 10.9. The van der Waals surface area contributed by atoms with Gasteiger partial charge in [0, 0.05) is 51.9 Å². The third-order valence-corrected chi connectivity index (χ3v) is 8.81. The van der Waals surface area contributed by atoms with Gasteiger partial charge in [0.15, 0.2) is 0 Å². The molecule has 0 spiro atoms. The van der Waals surface area contributed by atoms with Gasteiger partial charge >= 0.3 is 5.69 Å². The number of sulfonamides is 1. The Morgan fingerprint density at radius 3 is 2.49 bits per heavy atom. The number of hydrogen-bond donors (Lipinski definition) is 1. The average Bonchev–Trinajstić information content (AvgIpc) is 3.23. The second-order valence-corrected chi connectivity index (χ2v) is 11.2. The molecule has 37 heavy (non-hydrogen) atoms. The highest BCUT2D eigenvalue weighted by molar-refractivity contribution is 7.89. The van der Waals surface area contributed by atoms with Crippen LogP contribution >= 0.6 is 11.6 Å². The van der Waals surface area contributed by atoms with Crippen molar-refractivity contribution in [3.8, 4) is 17.0 Å². The van der Waals surface area contributed by atoms with E-state index >= 15 is 0 Å². The molecular weight excluding hydrogens is 518 g/mol. The SMILES string of the molecule is C=CCN1CCN(S(=O)(=O)c2ccc(OCC)c(-c3[nH]c4c(=O)n(C)c(=O)n(CCC)c4c3Cl)c2)CC1.